The van der Waals surface area contributed by atoms with E-state index in [2.05, 4.69) is 10.3 Å². The number of nitrogens with zero attached hydrogens (tertiary/aromatic N) is 2. The van der Waals surface area contributed by atoms with Crippen LogP contribution in [-0.2, 0) is 20.8 Å². The van der Waals surface area contributed by atoms with Gasteiger partial charge in [0.05, 0.1) is 15.1 Å². The second-order valence-corrected chi connectivity index (χ2v) is 10.0. The maximum atomic E-state index is 12.6. The lowest BCUT2D eigenvalue weighted by Crippen LogP contribution is -2.48. The molecule has 0 spiro atoms. The Morgan fingerprint density at radius 1 is 1.30 bits per heavy atom. The fraction of sp³-hybridized carbons (Fsp3) is 0.364. The van der Waals surface area contributed by atoms with Crippen molar-refractivity contribution in [2.24, 2.45) is 5.92 Å². The van der Waals surface area contributed by atoms with Crippen LogP contribution in [0.2, 0.25) is 10.0 Å². The predicted molar refractivity (Wildman–Crippen MR) is 132 cm³/mol. The van der Waals surface area contributed by atoms with Crippen LogP contribution in [0.25, 0.3) is 6.08 Å². The van der Waals surface area contributed by atoms with Gasteiger partial charge in [-0.3, -0.25) is 9.59 Å². The molecule has 3 rings (SSSR count). The van der Waals surface area contributed by atoms with Crippen LogP contribution < -0.4 is 5.32 Å². The van der Waals surface area contributed by atoms with E-state index in [0.717, 1.165) is 4.90 Å². The van der Waals surface area contributed by atoms with Crippen LogP contribution in [0.15, 0.2) is 34.7 Å². The minimum Gasteiger partial charge on any atom is -0.480 e. The molecule has 1 aromatic heterocycles. The van der Waals surface area contributed by atoms with Gasteiger partial charge in [0.2, 0.25) is 11.8 Å². The Hall–Kier alpha value is -2.07. The van der Waals surface area contributed by atoms with E-state index in [4.69, 9.17) is 23.2 Å². The molecular weight excluding hydrogens is 505 g/mol. The average molecular weight is 528 g/mol. The minimum absolute atomic E-state index is 0.144. The number of aliphatic carboxylic acids is 1. The van der Waals surface area contributed by atoms with Crippen molar-refractivity contribution in [2.75, 3.05) is 19.3 Å². The number of carbonyl (C=O) groups excluding carboxylic acids is 2. The lowest BCUT2D eigenvalue weighted by Gasteiger charge is -2.31. The molecule has 33 heavy (non-hydrogen) atoms. The van der Waals surface area contributed by atoms with Crippen LogP contribution in [0.3, 0.4) is 0 Å². The monoisotopic (exact) mass is 527 g/mol. The maximum absolute atomic E-state index is 12.6. The summed E-state index contributed by atoms with van der Waals surface area (Å²) in [6.45, 7) is 0.816. The number of carboxylic acids is 1. The molecule has 1 aliphatic rings. The summed E-state index contributed by atoms with van der Waals surface area (Å²) in [6.07, 6.45) is 7.66. The summed E-state index contributed by atoms with van der Waals surface area (Å²) in [5.74, 6) is -1.93. The zero-order chi connectivity index (χ0) is 24.0. The standard InChI is InChI=1S/C22H23Cl2N3O4S2/c1-32-16-4-2-13(19(23)20(16)24)3-5-18(28)27-9-6-14(7-10-27)21(29)26-15(22(30)31)12-17-25-8-11-33-17/h2-5,8,11,14-15H,6-7,9-10,12H2,1H3,(H,26,29)(H,30,31)/b5-3+. The topological polar surface area (TPSA) is 99.6 Å². The smallest absolute Gasteiger partial charge is 0.326 e. The molecule has 1 atom stereocenters. The number of thiazole rings is 1. The Labute approximate surface area is 210 Å². The van der Waals surface area contributed by atoms with Gasteiger partial charge >= 0.3 is 5.97 Å². The van der Waals surface area contributed by atoms with Gasteiger partial charge in [-0.2, -0.15) is 0 Å². The SMILES string of the molecule is CSc1ccc(/C=C/C(=O)N2CCC(C(=O)NC(Cc3nccs3)C(=O)O)CC2)c(Cl)c1Cl. The normalized spacial score (nSPS) is 15.5. The second kappa shape index (κ2) is 11.9. The van der Waals surface area contributed by atoms with Crippen LogP contribution in [-0.4, -0.2) is 58.2 Å². The lowest BCUT2D eigenvalue weighted by atomic mass is 9.95. The molecule has 1 aromatic carbocycles. The molecule has 0 aliphatic carbocycles. The molecule has 0 saturated carbocycles. The number of amides is 2. The number of rotatable bonds is 8. The number of piperidine rings is 1. The van der Waals surface area contributed by atoms with Gasteiger partial charge in [-0.15, -0.1) is 23.1 Å². The fourth-order valence-corrected chi connectivity index (χ4v) is 5.32. The molecule has 2 aromatic rings. The van der Waals surface area contributed by atoms with E-state index < -0.39 is 12.0 Å². The molecule has 0 radical (unpaired) electrons. The van der Waals surface area contributed by atoms with Crippen molar-refractivity contribution in [3.8, 4) is 0 Å². The molecule has 1 saturated heterocycles. The molecule has 11 heteroatoms. The molecule has 176 valence electrons. The average Bonchev–Trinajstić information content (AvgIpc) is 3.32. The molecule has 2 heterocycles. The third-order valence-corrected chi connectivity index (χ3v) is 7.95. The van der Waals surface area contributed by atoms with Crippen molar-refractivity contribution >= 4 is 70.2 Å². The molecule has 2 N–H and O–H groups in total. The van der Waals surface area contributed by atoms with Gasteiger partial charge in [-0.1, -0.05) is 29.3 Å². The molecule has 1 aliphatic heterocycles. The quantitative estimate of drug-likeness (QED) is 0.393. The van der Waals surface area contributed by atoms with Crippen LogP contribution in [0.4, 0.5) is 0 Å². The number of benzene rings is 1. The van der Waals surface area contributed by atoms with Gasteiger partial charge < -0.3 is 15.3 Å². The number of halogens is 2. The summed E-state index contributed by atoms with van der Waals surface area (Å²) in [7, 11) is 0. The highest BCUT2D eigenvalue weighted by Crippen LogP contribution is 2.35. The van der Waals surface area contributed by atoms with Gasteiger partial charge in [0, 0.05) is 48.0 Å². The largest absolute Gasteiger partial charge is 0.480 e. The molecule has 1 unspecified atom stereocenters. The molecule has 1 fully saturated rings. The van der Waals surface area contributed by atoms with E-state index in [9.17, 15) is 19.5 Å². The highest BCUT2D eigenvalue weighted by atomic mass is 35.5. The first kappa shape index (κ1) is 25.6. The highest BCUT2D eigenvalue weighted by molar-refractivity contribution is 7.98. The molecule has 2 amide bonds. The van der Waals surface area contributed by atoms with Gasteiger partial charge in [-0.25, -0.2) is 9.78 Å². The van der Waals surface area contributed by atoms with Gasteiger partial charge in [0.25, 0.3) is 0 Å². The molecular formula is C22H23Cl2N3O4S2. The van der Waals surface area contributed by atoms with Crippen LogP contribution in [0, 0.1) is 5.92 Å². The third kappa shape index (κ3) is 6.72. The zero-order valence-electron chi connectivity index (χ0n) is 17.8. The summed E-state index contributed by atoms with van der Waals surface area (Å²) in [6, 6.07) is 2.64. The summed E-state index contributed by atoms with van der Waals surface area (Å²) < 4.78 is 0. The van der Waals surface area contributed by atoms with E-state index in [1.165, 1.54) is 29.2 Å². The van der Waals surface area contributed by atoms with Gasteiger partial charge in [0.15, 0.2) is 0 Å². The van der Waals surface area contributed by atoms with Crippen LogP contribution in [0.1, 0.15) is 23.4 Å². The predicted octanol–water partition coefficient (Wildman–Crippen LogP) is 4.24. The van der Waals surface area contributed by atoms with E-state index in [-0.39, 0.29) is 24.2 Å². The summed E-state index contributed by atoms with van der Waals surface area (Å²) >= 11 is 15.4. The number of thioether (sulfide) groups is 1. The van der Waals surface area contributed by atoms with Crippen molar-refractivity contribution in [1.82, 2.24) is 15.2 Å². The van der Waals surface area contributed by atoms with Crippen molar-refractivity contribution in [1.29, 1.82) is 0 Å². The Morgan fingerprint density at radius 2 is 2.03 bits per heavy atom. The number of likely N-dealkylation sites (tertiary alicyclic amines) is 1. The first-order valence-corrected chi connectivity index (χ1v) is 13.1. The molecule has 7 nitrogen and oxygen atoms in total. The van der Waals surface area contributed by atoms with E-state index in [0.29, 0.717) is 46.5 Å². The number of aromatic nitrogens is 1. The second-order valence-electron chi connectivity index (χ2n) is 7.45. The number of hydrogen-bond donors (Lipinski definition) is 2. The summed E-state index contributed by atoms with van der Waals surface area (Å²) in [5, 5.41) is 15.3. The summed E-state index contributed by atoms with van der Waals surface area (Å²) in [5.41, 5.74) is 0.655. The first-order chi connectivity index (χ1) is 15.8. The number of hydrogen-bond acceptors (Lipinski definition) is 6. The third-order valence-electron chi connectivity index (χ3n) is 5.36. The maximum Gasteiger partial charge on any atom is 0.326 e. The van der Waals surface area contributed by atoms with Crippen molar-refractivity contribution in [3.63, 3.8) is 0 Å². The van der Waals surface area contributed by atoms with Crippen molar-refractivity contribution < 1.29 is 19.5 Å². The number of nitrogens with one attached hydrogen (secondary N) is 1. The summed E-state index contributed by atoms with van der Waals surface area (Å²) in [4.78, 5) is 43.3. The van der Waals surface area contributed by atoms with Gasteiger partial charge in [0.1, 0.15) is 6.04 Å². The van der Waals surface area contributed by atoms with Gasteiger partial charge in [-0.05, 0) is 36.8 Å². The number of carbonyl (C=O) groups is 3. The molecule has 0 bridgehead atoms. The van der Waals surface area contributed by atoms with E-state index in [1.807, 2.05) is 18.4 Å². The Morgan fingerprint density at radius 3 is 2.64 bits per heavy atom. The van der Waals surface area contributed by atoms with Crippen LogP contribution in [0.5, 0.6) is 0 Å². The fourth-order valence-electron chi connectivity index (χ4n) is 3.48. The Bertz CT molecular complexity index is 1040. The van der Waals surface area contributed by atoms with E-state index >= 15 is 0 Å². The Kier molecular flexibility index (Phi) is 9.19. The lowest BCUT2D eigenvalue weighted by molar-refractivity contribution is -0.142. The van der Waals surface area contributed by atoms with Crippen molar-refractivity contribution in [3.05, 3.63) is 50.4 Å². The highest BCUT2D eigenvalue weighted by Gasteiger charge is 2.30. The van der Waals surface area contributed by atoms with Crippen molar-refractivity contribution in [2.45, 2.75) is 30.2 Å². The van der Waals surface area contributed by atoms with E-state index in [1.54, 1.807) is 22.6 Å². The first-order valence-electron chi connectivity index (χ1n) is 10.2. The zero-order valence-corrected chi connectivity index (χ0v) is 20.9. The van der Waals surface area contributed by atoms with Crippen LogP contribution >= 0.6 is 46.3 Å². The minimum atomic E-state index is -1.10. The number of carboxylic acid groups (broad SMARTS) is 1. The Balaban J connectivity index is 1.53.